The highest BCUT2D eigenvalue weighted by Gasteiger charge is 2.36. The summed E-state index contributed by atoms with van der Waals surface area (Å²) >= 11 is 0. The molecule has 1 amide bonds. The summed E-state index contributed by atoms with van der Waals surface area (Å²) < 4.78 is 15.5. The number of allylic oxidation sites excluding steroid dienone is 1. The number of rotatable bonds is 4. The second-order valence-corrected chi connectivity index (χ2v) is 5.58. The molecular weight excluding hydrogens is 310 g/mol. The van der Waals surface area contributed by atoms with Gasteiger partial charge >= 0.3 is 5.97 Å². The first-order valence-electron chi connectivity index (χ1n) is 7.79. The number of methoxy groups -OCH3 is 1. The van der Waals surface area contributed by atoms with E-state index in [1.807, 2.05) is 13.0 Å². The van der Waals surface area contributed by atoms with Crippen LogP contribution in [-0.2, 0) is 14.3 Å². The van der Waals surface area contributed by atoms with Crippen LogP contribution < -0.4 is 9.47 Å². The number of carbonyl (C=O) groups is 2. The van der Waals surface area contributed by atoms with Gasteiger partial charge in [0.1, 0.15) is 0 Å². The number of benzene rings is 1. The standard InChI is InChI=1S/C18H19NO5/c1-4-7-19-11(2)16(18(21)22-3)13(17(19)20)8-12-5-6-14-15(9-12)24-10-23-14/h5-6,8-9H,4,7,10H2,1-3H3/b13-8-. The summed E-state index contributed by atoms with van der Waals surface area (Å²) in [4.78, 5) is 26.5. The van der Waals surface area contributed by atoms with Crippen molar-refractivity contribution in [2.45, 2.75) is 20.3 Å². The molecule has 0 fully saturated rings. The van der Waals surface area contributed by atoms with Gasteiger partial charge in [-0.05, 0) is 37.1 Å². The van der Waals surface area contributed by atoms with Gasteiger partial charge < -0.3 is 19.1 Å². The molecule has 0 saturated heterocycles. The molecule has 1 aromatic rings. The number of fused-ring (bicyclic) bond motifs is 1. The molecule has 0 bridgehead atoms. The molecule has 2 aliphatic rings. The van der Waals surface area contributed by atoms with Crippen molar-refractivity contribution < 1.29 is 23.8 Å². The molecular formula is C18H19NO5. The fourth-order valence-corrected chi connectivity index (χ4v) is 2.89. The van der Waals surface area contributed by atoms with Crippen molar-refractivity contribution in [3.8, 4) is 11.5 Å². The molecule has 6 nitrogen and oxygen atoms in total. The zero-order chi connectivity index (χ0) is 17.3. The van der Waals surface area contributed by atoms with Gasteiger partial charge in [0.05, 0.1) is 18.3 Å². The Morgan fingerprint density at radius 3 is 2.79 bits per heavy atom. The Balaban J connectivity index is 2.04. The summed E-state index contributed by atoms with van der Waals surface area (Å²) in [5, 5.41) is 0. The van der Waals surface area contributed by atoms with Gasteiger partial charge in [0, 0.05) is 12.2 Å². The van der Waals surface area contributed by atoms with E-state index in [1.165, 1.54) is 7.11 Å². The number of nitrogens with zero attached hydrogens (tertiary/aromatic N) is 1. The first-order valence-corrected chi connectivity index (χ1v) is 7.79. The maximum atomic E-state index is 12.7. The maximum absolute atomic E-state index is 12.7. The van der Waals surface area contributed by atoms with E-state index >= 15 is 0 Å². The molecule has 0 aliphatic carbocycles. The van der Waals surface area contributed by atoms with Crippen LogP contribution in [0.15, 0.2) is 35.0 Å². The van der Waals surface area contributed by atoms with Crippen LogP contribution in [0.25, 0.3) is 6.08 Å². The summed E-state index contributed by atoms with van der Waals surface area (Å²) in [5.41, 5.74) is 2.04. The molecule has 6 heteroatoms. The van der Waals surface area contributed by atoms with Crippen LogP contribution in [0.4, 0.5) is 0 Å². The van der Waals surface area contributed by atoms with Gasteiger partial charge in [-0.3, -0.25) is 4.79 Å². The second-order valence-electron chi connectivity index (χ2n) is 5.58. The van der Waals surface area contributed by atoms with Crippen LogP contribution >= 0.6 is 0 Å². The maximum Gasteiger partial charge on any atom is 0.340 e. The fourth-order valence-electron chi connectivity index (χ4n) is 2.89. The van der Waals surface area contributed by atoms with E-state index in [2.05, 4.69) is 0 Å². The second kappa shape index (κ2) is 6.39. The van der Waals surface area contributed by atoms with Crippen molar-refractivity contribution in [1.82, 2.24) is 4.90 Å². The van der Waals surface area contributed by atoms with Gasteiger partial charge in [0.25, 0.3) is 5.91 Å². The number of esters is 1. The molecule has 2 aliphatic heterocycles. The average molecular weight is 329 g/mol. The van der Waals surface area contributed by atoms with Crippen molar-refractivity contribution in [2.24, 2.45) is 0 Å². The zero-order valence-electron chi connectivity index (χ0n) is 13.9. The van der Waals surface area contributed by atoms with Crippen molar-refractivity contribution >= 4 is 18.0 Å². The largest absolute Gasteiger partial charge is 0.465 e. The third kappa shape index (κ3) is 2.64. The third-order valence-electron chi connectivity index (χ3n) is 4.06. The van der Waals surface area contributed by atoms with Crippen LogP contribution in [0, 0.1) is 0 Å². The van der Waals surface area contributed by atoms with Gasteiger partial charge in [0.15, 0.2) is 11.5 Å². The lowest BCUT2D eigenvalue weighted by molar-refractivity contribution is -0.136. The monoisotopic (exact) mass is 329 g/mol. The molecule has 0 N–H and O–H groups in total. The smallest absolute Gasteiger partial charge is 0.340 e. The van der Waals surface area contributed by atoms with E-state index in [1.54, 1.807) is 30.0 Å². The van der Waals surface area contributed by atoms with Gasteiger partial charge in [-0.1, -0.05) is 13.0 Å². The average Bonchev–Trinajstić information content (AvgIpc) is 3.13. The number of hydrogen-bond acceptors (Lipinski definition) is 5. The van der Waals surface area contributed by atoms with Gasteiger partial charge in [-0.2, -0.15) is 0 Å². The normalized spacial score (nSPS) is 17.9. The number of hydrogen-bond donors (Lipinski definition) is 0. The molecule has 126 valence electrons. The lowest BCUT2D eigenvalue weighted by Crippen LogP contribution is -2.25. The highest BCUT2D eigenvalue weighted by atomic mass is 16.7. The summed E-state index contributed by atoms with van der Waals surface area (Å²) in [5.74, 6) is 0.599. The number of ether oxygens (including phenoxy) is 3. The molecule has 0 spiro atoms. The third-order valence-corrected chi connectivity index (χ3v) is 4.06. The molecule has 0 aromatic heterocycles. The highest BCUT2D eigenvalue weighted by molar-refractivity contribution is 6.16. The Morgan fingerprint density at radius 2 is 2.08 bits per heavy atom. The van der Waals surface area contributed by atoms with E-state index in [4.69, 9.17) is 14.2 Å². The molecule has 0 radical (unpaired) electrons. The topological polar surface area (TPSA) is 65.1 Å². The zero-order valence-corrected chi connectivity index (χ0v) is 13.9. The summed E-state index contributed by atoms with van der Waals surface area (Å²) in [6.45, 7) is 4.49. The van der Waals surface area contributed by atoms with Crippen LogP contribution in [0.3, 0.4) is 0 Å². The minimum Gasteiger partial charge on any atom is -0.465 e. The van der Waals surface area contributed by atoms with E-state index in [0.29, 0.717) is 34.9 Å². The molecule has 1 aromatic carbocycles. The molecule has 2 heterocycles. The predicted molar refractivity (Wildman–Crippen MR) is 87.3 cm³/mol. The lowest BCUT2D eigenvalue weighted by atomic mass is 10.0. The highest BCUT2D eigenvalue weighted by Crippen LogP contribution is 2.35. The van der Waals surface area contributed by atoms with Crippen molar-refractivity contribution in [1.29, 1.82) is 0 Å². The van der Waals surface area contributed by atoms with E-state index in [0.717, 1.165) is 12.0 Å². The fraction of sp³-hybridized carbons (Fsp3) is 0.333. The van der Waals surface area contributed by atoms with Crippen LogP contribution in [0.1, 0.15) is 25.8 Å². The minimum absolute atomic E-state index is 0.186. The molecule has 0 unspecified atom stereocenters. The first kappa shape index (κ1) is 16.1. The van der Waals surface area contributed by atoms with Gasteiger partial charge in [0.2, 0.25) is 6.79 Å². The molecule has 3 rings (SSSR count). The summed E-state index contributed by atoms with van der Waals surface area (Å²) in [6.07, 6.45) is 2.49. The van der Waals surface area contributed by atoms with Crippen LogP contribution in [-0.4, -0.2) is 37.2 Å². The van der Waals surface area contributed by atoms with E-state index in [9.17, 15) is 9.59 Å². The molecule has 0 atom stereocenters. The number of amides is 1. The van der Waals surface area contributed by atoms with E-state index < -0.39 is 5.97 Å². The Hall–Kier alpha value is -2.76. The van der Waals surface area contributed by atoms with Crippen LogP contribution in [0.5, 0.6) is 11.5 Å². The SMILES string of the molecule is CCCN1C(=O)/C(=C\c2ccc3c(c2)OCO3)C(C(=O)OC)=C1C. The Kier molecular flexibility index (Phi) is 4.29. The lowest BCUT2D eigenvalue weighted by Gasteiger charge is -2.16. The molecule has 0 saturated carbocycles. The van der Waals surface area contributed by atoms with Crippen molar-refractivity contribution in [3.05, 3.63) is 40.6 Å². The van der Waals surface area contributed by atoms with Crippen molar-refractivity contribution in [2.75, 3.05) is 20.4 Å². The Morgan fingerprint density at radius 1 is 1.33 bits per heavy atom. The summed E-state index contributed by atoms with van der Waals surface area (Å²) in [7, 11) is 1.31. The minimum atomic E-state index is -0.508. The summed E-state index contributed by atoms with van der Waals surface area (Å²) in [6, 6.07) is 5.39. The van der Waals surface area contributed by atoms with Crippen LogP contribution in [0.2, 0.25) is 0 Å². The molecule has 24 heavy (non-hydrogen) atoms. The van der Waals surface area contributed by atoms with Gasteiger partial charge in [-0.15, -0.1) is 0 Å². The quantitative estimate of drug-likeness (QED) is 0.627. The first-order chi connectivity index (χ1) is 11.6. The Labute approximate surface area is 140 Å². The van der Waals surface area contributed by atoms with E-state index in [-0.39, 0.29) is 12.7 Å². The predicted octanol–water partition coefficient (Wildman–Crippen LogP) is 2.50. The Bertz CT molecular complexity index is 763. The van der Waals surface area contributed by atoms with Crippen molar-refractivity contribution in [3.63, 3.8) is 0 Å². The van der Waals surface area contributed by atoms with Gasteiger partial charge in [-0.25, -0.2) is 4.79 Å². The number of carbonyl (C=O) groups excluding carboxylic acids is 2.